The van der Waals surface area contributed by atoms with Gasteiger partial charge in [0, 0.05) is 18.9 Å². The number of carbonyl (C=O) groups excluding carboxylic acids is 2. The topological polar surface area (TPSA) is 73.5 Å². The number of anilines is 2. The molecule has 0 aliphatic carbocycles. The fraction of sp³-hybridized carbons (Fsp3) is 0.111. The average molecular weight is 391 g/mol. The number of fused-ring (bicyclic) bond motifs is 1. The Hall–Kier alpha value is -2.70. The van der Waals surface area contributed by atoms with E-state index < -0.39 is 0 Å². The summed E-state index contributed by atoms with van der Waals surface area (Å²) in [6, 6.07) is 12.1. The van der Waals surface area contributed by atoms with Crippen LogP contribution in [0.2, 0.25) is 10.0 Å². The van der Waals surface area contributed by atoms with Gasteiger partial charge >= 0.3 is 0 Å². The summed E-state index contributed by atoms with van der Waals surface area (Å²) in [5.41, 5.74) is 1.85. The van der Waals surface area contributed by atoms with Gasteiger partial charge < -0.3 is 20.9 Å². The van der Waals surface area contributed by atoms with E-state index in [9.17, 15) is 9.59 Å². The molecule has 0 fully saturated rings. The van der Waals surface area contributed by atoms with Crippen LogP contribution in [-0.4, -0.2) is 30.3 Å². The molecule has 0 spiro atoms. The lowest BCUT2D eigenvalue weighted by Gasteiger charge is -2.23. The number of likely N-dealkylation sites (N-methyl/N-ethyl adjacent to an activating group) is 1. The van der Waals surface area contributed by atoms with Gasteiger partial charge in [-0.1, -0.05) is 35.3 Å². The van der Waals surface area contributed by atoms with E-state index in [1.807, 2.05) is 12.1 Å². The minimum absolute atomic E-state index is 0.0863. The van der Waals surface area contributed by atoms with Gasteiger partial charge in [0.2, 0.25) is 5.91 Å². The summed E-state index contributed by atoms with van der Waals surface area (Å²) in [6.07, 6.45) is 1.66. The van der Waals surface area contributed by atoms with E-state index in [0.29, 0.717) is 27.1 Å². The van der Waals surface area contributed by atoms with Crippen molar-refractivity contribution in [3.8, 4) is 0 Å². The first-order chi connectivity index (χ1) is 12.4. The first-order valence-corrected chi connectivity index (χ1v) is 8.52. The van der Waals surface area contributed by atoms with E-state index in [1.54, 1.807) is 48.5 Å². The molecule has 8 heteroatoms. The summed E-state index contributed by atoms with van der Waals surface area (Å²) in [5, 5.41) is 9.40. The van der Waals surface area contributed by atoms with E-state index in [4.69, 9.17) is 23.2 Å². The molecule has 2 aromatic rings. The number of carbonyl (C=O) groups is 2. The number of benzene rings is 2. The smallest absolute Gasteiger partial charge is 0.258 e. The van der Waals surface area contributed by atoms with Crippen LogP contribution in [0.1, 0.15) is 10.4 Å². The highest BCUT2D eigenvalue weighted by molar-refractivity contribution is 6.42. The third kappa shape index (κ3) is 4.28. The molecule has 6 nitrogen and oxygen atoms in total. The van der Waals surface area contributed by atoms with Crippen molar-refractivity contribution < 1.29 is 9.59 Å². The number of nitrogens with zero attached hydrogens (tertiary/aromatic N) is 1. The van der Waals surface area contributed by atoms with Crippen LogP contribution >= 0.6 is 23.2 Å². The maximum atomic E-state index is 12.2. The van der Waals surface area contributed by atoms with Crippen molar-refractivity contribution in [1.82, 2.24) is 10.2 Å². The molecule has 0 bridgehead atoms. The minimum Gasteiger partial charge on any atom is -0.368 e. The normalized spacial score (nSPS) is 14.3. The quantitative estimate of drug-likeness (QED) is 0.746. The van der Waals surface area contributed by atoms with Crippen molar-refractivity contribution in [2.75, 3.05) is 24.2 Å². The van der Waals surface area contributed by atoms with Crippen LogP contribution in [0, 0.1) is 0 Å². The molecule has 2 aromatic carbocycles. The SMILES string of the molecule is CN(C=C1NC(=O)c2ccccc2N1)CC(=O)Nc1ccc(Cl)c(Cl)c1. The second kappa shape index (κ2) is 7.68. The predicted molar refractivity (Wildman–Crippen MR) is 103 cm³/mol. The van der Waals surface area contributed by atoms with Gasteiger partial charge in [-0.2, -0.15) is 0 Å². The molecule has 0 unspecified atom stereocenters. The highest BCUT2D eigenvalue weighted by Crippen LogP contribution is 2.25. The molecule has 3 N–H and O–H groups in total. The molecule has 26 heavy (non-hydrogen) atoms. The Morgan fingerprint density at radius 2 is 1.92 bits per heavy atom. The molecule has 0 aromatic heterocycles. The van der Waals surface area contributed by atoms with Crippen LogP contribution in [0.25, 0.3) is 0 Å². The third-order valence-electron chi connectivity index (χ3n) is 3.64. The van der Waals surface area contributed by atoms with E-state index >= 15 is 0 Å². The molecule has 0 radical (unpaired) electrons. The largest absolute Gasteiger partial charge is 0.368 e. The zero-order valence-electron chi connectivity index (χ0n) is 13.8. The molecule has 1 heterocycles. The second-order valence-electron chi connectivity index (χ2n) is 5.76. The fourth-order valence-electron chi connectivity index (χ4n) is 2.49. The van der Waals surface area contributed by atoms with Crippen molar-refractivity contribution in [1.29, 1.82) is 0 Å². The van der Waals surface area contributed by atoms with E-state index in [2.05, 4.69) is 16.0 Å². The first kappa shape index (κ1) is 18.1. The van der Waals surface area contributed by atoms with Gasteiger partial charge in [0.25, 0.3) is 5.91 Å². The van der Waals surface area contributed by atoms with E-state index in [-0.39, 0.29) is 18.4 Å². The van der Waals surface area contributed by atoms with E-state index in [1.165, 1.54) is 0 Å². The lowest BCUT2D eigenvalue weighted by molar-refractivity contribution is -0.116. The van der Waals surface area contributed by atoms with Crippen molar-refractivity contribution in [2.24, 2.45) is 0 Å². The Kier molecular flexibility index (Phi) is 5.35. The Labute approximate surface area is 160 Å². The molecular weight excluding hydrogens is 375 g/mol. The molecule has 3 rings (SSSR count). The lowest BCUT2D eigenvalue weighted by Crippen LogP contribution is -2.35. The number of amides is 2. The van der Waals surface area contributed by atoms with Crippen LogP contribution in [0.5, 0.6) is 0 Å². The first-order valence-electron chi connectivity index (χ1n) is 7.77. The molecular formula is C18H16Cl2N4O2. The molecule has 2 amide bonds. The van der Waals surface area contributed by atoms with Crippen molar-refractivity contribution in [3.05, 3.63) is 70.1 Å². The van der Waals surface area contributed by atoms with Gasteiger partial charge in [0.05, 0.1) is 27.8 Å². The summed E-state index contributed by atoms with van der Waals surface area (Å²) in [5.74, 6) is 0.0723. The summed E-state index contributed by atoms with van der Waals surface area (Å²) in [4.78, 5) is 25.9. The van der Waals surface area contributed by atoms with Crippen LogP contribution in [0.3, 0.4) is 0 Å². The zero-order chi connectivity index (χ0) is 18.7. The number of hydrogen-bond acceptors (Lipinski definition) is 4. The van der Waals surface area contributed by atoms with Crippen LogP contribution in [0.4, 0.5) is 11.4 Å². The fourth-order valence-corrected chi connectivity index (χ4v) is 2.79. The van der Waals surface area contributed by atoms with Gasteiger partial charge in [-0.05, 0) is 30.3 Å². The zero-order valence-corrected chi connectivity index (χ0v) is 15.4. The molecule has 134 valence electrons. The maximum Gasteiger partial charge on any atom is 0.258 e. The number of halogens is 2. The van der Waals surface area contributed by atoms with Gasteiger partial charge in [-0.3, -0.25) is 9.59 Å². The van der Waals surface area contributed by atoms with Crippen LogP contribution < -0.4 is 16.0 Å². The second-order valence-corrected chi connectivity index (χ2v) is 6.57. The summed E-state index contributed by atoms with van der Waals surface area (Å²) in [7, 11) is 1.73. The Morgan fingerprint density at radius 1 is 1.15 bits per heavy atom. The summed E-state index contributed by atoms with van der Waals surface area (Å²) < 4.78 is 0. The lowest BCUT2D eigenvalue weighted by atomic mass is 10.1. The van der Waals surface area contributed by atoms with Crippen LogP contribution in [-0.2, 0) is 4.79 Å². The standard InChI is InChI=1S/C18H16Cl2N4O2/c1-24(10-17(25)21-11-6-7-13(19)14(20)8-11)9-16-22-15-5-3-2-4-12(15)18(26)23-16/h2-9,22H,10H2,1H3,(H,21,25)(H,23,26). The molecule has 0 atom stereocenters. The maximum absolute atomic E-state index is 12.2. The monoisotopic (exact) mass is 390 g/mol. The van der Waals surface area contributed by atoms with Crippen LogP contribution in [0.15, 0.2) is 54.5 Å². The van der Waals surface area contributed by atoms with Crippen molar-refractivity contribution >= 4 is 46.4 Å². The summed E-state index contributed by atoms with van der Waals surface area (Å²) >= 11 is 11.8. The predicted octanol–water partition coefficient (Wildman–Crippen LogP) is 3.52. The molecule has 1 aliphatic heterocycles. The van der Waals surface area contributed by atoms with Gasteiger partial charge in [0.1, 0.15) is 5.82 Å². The number of nitrogens with one attached hydrogen (secondary N) is 3. The number of hydrogen-bond donors (Lipinski definition) is 3. The average Bonchev–Trinajstić information content (AvgIpc) is 2.58. The molecule has 0 saturated heterocycles. The highest BCUT2D eigenvalue weighted by Gasteiger charge is 2.19. The Balaban J connectivity index is 1.62. The van der Waals surface area contributed by atoms with E-state index in [0.717, 1.165) is 5.69 Å². The Morgan fingerprint density at radius 3 is 2.69 bits per heavy atom. The van der Waals surface area contributed by atoms with Gasteiger partial charge in [0.15, 0.2) is 0 Å². The molecule has 1 aliphatic rings. The van der Waals surface area contributed by atoms with Gasteiger partial charge in [-0.15, -0.1) is 0 Å². The summed E-state index contributed by atoms with van der Waals surface area (Å²) in [6.45, 7) is 0.0863. The van der Waals surface area contributed by atoms with Crippen molar-refractivity contribution in [2.45, 2.75) is 0 Å². The molecule has 0 saturated carbocycles. The number of para-hydroxylation sites is 1. The Bertz CT molecular complexity index is 899. The van der Waals surface area contributed by atoms with Gasteiger partial charge in [-0.25, -0.2) is 0 Å². The number of rotatable bonds is 4. The third-order valence-corrected chi connectivity index (χ3v) is 4.37. The highest BCUT2D eigenvalue weighted by atomic mass is 35.5. The minimum atomic E-state index is -0.231. The van der Waals surface area contributed by atoms with Crippen molar-refractivity contribution in [3.63, 3.8) is 0 Å².